The normalized spacial score (nSPS) is 20.1. The number of hydrogen-bond donors (Lipinski definition) is 2. The lowest BCUT2D eigenvalue weighted by Gasteiger charge is -2.24. The average Bonchev–Trinajstić information content (AvgIpc) is 3.16. The van der Waals surface area contributed by atoms with Gasteiger partial charge in [0.1, 0.15) is 5.54 Å². The quantitative estimate of drug-likeness (QED) is 0.869. The number of aryl methyl sites for hydroxylation is 1. The number of amides is 1. The fraction of sp³-hybridized carbons (Fsp3) is 0.312. The monoisotopic (exact) mass is 365 g/mol. The zero-order valence-electron chi connectivity index (χ0n) is 13.0. The van der Waals surface area contributed by atoms with E-state index >= 15 is 0 Å². The molecule has 2 aromatic rings. The molecular weight excluding hydrogens is 350 g/mol. The number of aliphatic carboxylic acids is 1. The third-order valence-corrected chi connectivity index (χ3v) is 5.46. The number of thioether (sulfide) groups is 1. The molecule has 1 atom stereocenters. The van der Waals surface area contributed by atoms with Crippen LogP contribution in [-0.2, 0) is 4.79 Å². The minimum Gasteiger partial charge on any atom is -0.479 e. The van der Waals surface area contributed by atoms with Gasteiger partial charge in [-0.1, -0.05) is 11.6 Å². The van der Waals surface area contributed by atoms with Gasteiger partial charge in [0, 0.05) is 17.0 Å². The lowest BCUT2D eigenvalue weighted by atomic mass is 9.98. The van der Waals surface area contributed by atoms with E-state index in [-0.39, 0.29) is 0 Å². The Morgan fingerprint density at radius 2 is 2.08 bits per heavy atom. The van der Waals surface area contributed by atoms with Crippen molar-refractivity contribution >= 4 is 35.2 Å². The van der Waals surface area contributed by atoms with Gasteiger partial charge in [-0.2, -0.15) is 16.9 Å². The zero-order chi connectivity index (χ0) is 17.3. The summed E-state index contributed by atoms with van der Waals surface area (Å²) in [5.41, 5.74) is 0.471. The van der Waals surface area contributed by atoms with E-state index < -0.39 is 17.4 Å². The van der Waals surface area contributed by atoms with Gasteiger partial charge in [0.25, 0.3) is 5.91 Å². The lowest BCUT2D eigenvalue weighted by Crippen LogP contribution is -2.54. The van der Waals surface area contributed by atoms with E-state index in [1.165, 1.54) is 11.8 Å². The molecule has 8 heteroatoms. The van der Waals surface area contributed by atoms with Crippen LogP contribution in [0.2, 0.25) is 5.02 Å². The lowest BCUT2D eigenvalue weighted by molar-refractivity contribution is -0.143. The first-order valence-electron chi connectivity index (χ1n) is 7.37. The van der Waals surface area contributed by atoms with E-state index in [0.29, 0.717) is 28.5 Å². The maximum absolute atomic E-state index is 12.6. The van der Waals surface area contributed by atoms with Gasteiger partial charge in [0.05, 0.1) is 16.9 Å². The number of aromatic nitrogens is 2. The highest BCUT2D eigenvalue weighted by Gasteiger charge is 2.43. The fourth-order valence-corrected chi connectivity index (χ4v) is 4.03. The maximum atomic E-state index is 12.6. The predicted octanol–water partition coefficient (Wildman–Crippen LogP) is 2.52. The number of carbonyl (C=O) groups excluding carboxylic acids is 1. The van der Waals surface area contributed by atoms with Gasteiger partial charge in [-0.25, -0.2) is 9.48 Å². The molecule has 24 heavy (non-hydrogen) atoms. The summed E-state index contributed by atoms with van der Waals surface area (Å²) < 4.78 is 1.58. The predicted molar refractivity (Wildman–Crippen MR) is 93.1 cm³/mol. The molecule has 1 saturated heterocycles. The highest BCUT2D eigenvalue weighted by Crippen LogP contribution is 2.29. The number of benzene rings is 1. The standard InChI is InChI=1S/C16H16ClN3O3S/c1-10-13(8-20(19-10)12-4-2-11(17)3-5-12)14(21)18-16(15(22)23)6-7-24-9-16/h2-5,8H,6-7,9H2,1H3,(H,18,21)(H,22,23). The largest absolute Gasteiger partial charge is 0.479 e. The molecule has 2 N–H and O–H groups in total. The summed E-state index contributed by atoms with van der Waals surface area (Å²) in [4.78, 5) is 24.1. The Kier molecular flexibility index (Phi) is 4.56. The van der Waals surface area contributed by atoms with Crippen LogP contribution in [0.15, 0.2) is 30.5 Å². The Morgan fingerprint density at radius 1 is 1.38 bits per heavy atom. The molecule has 6 nitrogen and oxygen atoms in total. The molecule has 1 aromatic heterocycles. The number of carboxylic acids is 1. The van der Waals surface area contributed by atoms with Gasteiger partial charge >= 0.3 is 5.97 Å². The van der Waals surface area contributed by atoms with Crippen LogP contribution in [0.4, 0.5) is 0 Å². The second-order valence-electron chi connectivity index (χ2n) is 5.69. The highest BCUT2D eigenvalue weighted by molar-refractivity contribution is 7.99. The second kappa shape index (κ2) is 6.49. The summed E-state index contributed by atoms with van der Waals surface area (Å²) in [5.74, 6) is -0.324. The van der Waals surface area contributed by atoms with Crippen molar-refractivity contribution in [1.29, 1.82) is 0 Å². The molecule has 1 aliphatic rings. The van der Waals surface area contributed by atoms with Crippen molar-refractivity contribution in [1.82, 2.24) is 15.1 Å². The first-order chi connectivity index (χ1) is 11.4. The van der Waals surface area contributed by atoms with Gasteiger partial charge < -0.3 is 10.4 Å². The Balaban J connectivity index is 1.85. The van der Waals surface area contributed by atoms with Crippen LogP contribution in [0.3, 0.4) is 0 Å². The molecule has 0 spiro atoms. The second-order valence-corrected chi connectivity index (χ2v) is 7.23. The van der Waals surface area contributed by atoms with Crippen LogP contribution in [-0.4, -0.2) is 43.8 Å². The van der Waals surface area contributed by atoms with Crippen LogP contribution in [0, 0.1) is 6.92 Å². The SMILES string of the molecule is Cc1nn(-c2ccc(Cl)cc2)cc1C(=O)NC1(C(=O)O)CCSC1. The van der Waals surface area contributed by atoms with Crippen molar-refractivity contribution < 1.29 is 14.7 Å². The molecule has 1 unspecified atom stereocenters. The molecule has 1 aliphatic heterocycles. The van der Waals surface area contributed by atoms with Gasteiger partial charge in [0.2, 0.25) is 0 Å². The summed E-state index contributed by atoms with van der Waals surface area (Å²) in [6.45, 7) is 1.72. The third-order valence-electron chi connectivity index (χ3n) is 4.02. The summed E-state index contributed by atoms with van der Waals surface area (Å²) in [7, 11) is 0. The molecule has 0 bridgehead atoms. The first-order valence-corrected chi connectivity index (χ1v) is 8.90. The van der Waals surface area contributed by atoms with Crippen LogP contribution in [0.1, 0.15) is 22.5 Å². The maximum Gasteiger partial charge on any atom is 0.330 e. The van der Waals surface area contributed by atoms with Crippen molar-refractivity contribution in [3.63, 3.8) is 0 Å². The first kappa shape index (κ1) is 16.9. The highest BCUT2D eigenvalue weighted by atomic mass is 35.5. The zero-order valence-corrected chi connectivity index (χ0v) is 14.5. The molecular formula is C16H16ClN3O3S. The molecule has 1 fully saturated rings. The van der Waals surface area contributed by atoms with E-state index in [1.807, 2.05) is 0 Å². The third kappa shape index (κ3) is 3.14. The van der Waals surface area contributed by atoms with E-state index in [1.54, 1.807) is 42.1 Å². The number of carbonyl (C=O) groups is 2. The van der Waals surface area contributed by atoms with Gasteiger partial charge in [-0.05, 0) is 43.4 Å². The number of hydrogen-bond acceptors (Lipinski definition) is 4. The number of rotatable bonds is 4. The molecule has 0 aliphatic carbocycles. The van der Waals surface area contributed by atoms with E-state index in [0.717, 1.165) is 11.4 Å². The Hall–Kier alpha value is -1.99. The van der Waals surface area contributed by atoms with Gasteiger partial charge in [-0.15, -0.1) is 0 Å². The van der Waals surface area contributed by atoms with Crippen LogP contribution in [0.25, 0.3) is 5.69 Å². The summed E-state index contributed by atoms with van der Waals surface area (Å²) in [6, 6.07) is 7.07. The van der Waals surface area contributed by atoms with Crippen molar-refractivity contribution in [3.8, 4) is 5.69 Å². The van der Waals surface area contributed by atoms with Gasteiger partial charge in [-0.3, -0.25) is 4.79 Å². The molecule has 1 amide bonds. The van der Waals surface area contributed by atoms with E-state index in [9.17, 15) is 14.7 Å². The van der Waals surface area contributed by atoms with Crippen molar-refractivity contribution in [2.45, 2.75) is 18.9 Å². The van der Waals surface area contributed by atoms with Crippen molar-refractivity contribution in [2.75, 3.05) is 11.5 Å². The summed E-state index contributed by atoms with van der Waals surface area (Å²) in [5, 5.41) is 17.1. The average molecular weight is 366 g/mol. The Bertz CT molecular complexity index is 782. The Morgan fingerprint density at radius 3 is 2.67 bits per heavy atom. The number of halogens is 1. The van der Waals surface area contributed by atoms with E-state index in [2.05, 4.69) is 10.4 Å². The Labute approximate surface area is 148 Å². The van der Waals surface area contributed by atoms with Gasteiger partial charge in [0.15, 0.2) is 0 Å². The fourth-order valence-electron chi connectivity index (χ4n) is 2.58. The minimum absolute atomic E-state index is 0.363. The molecule has 0 saturated carbocycles. The smallest absolute Gasteiger partial charge is 0.330 e. The number of nitrogens with one attached hydrogen (secondary N) is 1. The number of carboxylic acid groups (broad SMARTS) is 1. The molecule has 126 valence electrons. The van der Waals surface area contributed by atoms with Crippen LogP contribution in [0.5, 0.6) is 0 Å². The molecule has 3 rings (SSSR count). The van der Waals surface area contributed by atoms with Crippen molar-refractivity contribution in [3.05, 3.63) is 46.7 Å². The van der Waals surface area contributed by atoms with Crippen molar-refractivity contribution in [2.24, 2.45) is 0 Å². The van der Waals surface area contributed by atoms with E-state index in [4.69, 9.17) is 11.6 Å². The summed E-state index contributed by atoms with van der Waals surface area (Å²) in [6.07, 6.45) is 2.02. The number of nitrogens with zero attached hydrogens (tertiary/aromatic N) is 2. The topological polar surface area (TPSA) is 84.2 Å². The molecule has 1 aromatic carbocycles. The molecule has 0 radical (unpaired) electrons. The minimum atomic E-state index is -1.20. The van der Waals surface area contributed by atoms with Crippen LogP contribution >= 0.6 is 23.4 Å². The summed E-state index contributed by atoms with van der Waals surface area (Å²) >= 11 is 7.40. The van der Waals surface area contributed by atoms with Crippen LogP contribution < -0.4 is 5.32 Å². The molecule has 2 heterocycles.